The quantitative estimate of drug-likeness (QED) is 0.878. The van der Waals surface area contributed by atoms with Gasteiger partial charge in [0.15, 0.2) is 0 Å². The van der Waals surface area contributed by atoms with Gasteiger partial charge in [-0.2, -0.15) is 0 Å². The number of aromatic amines is 1. The summed E-state index contributed by atoms with van der Waals surface area (Å²) >= 11 is 3.37. The van der Waals surface area contributed by atoms with Crippen molar-refractivity contribution in [2.24, 2.45) is 5.73 Å². The van der Waals surface area contributed by atoms with E-state index in [0.29, 0.717) is 11.4 Å². The zero-order valence-corrected chi connectivity index (χ0v) is 9.99. The van der Waals surface area contributed by atoms with Crippen LogP contribution < -0.4 is 11.3 Å². The third kappa shape index (κ3) is 2.20. The summed E-state index contributed by atoms with van der Waals surface area (Å²) in [5.41, 5.74) is 6.55. The molecular weight excluding hydrogens is 270 g/mol. The van der Waals surface area contributed by atoms with Gasteiger partial charge in [-0.05, 0) is 12.1 Å². The van der Waals surface area contributed by atoms with Crippen molar-refractivity contribution in [3.05, 3.63) is 50.9 Å². The summed E-state index contributed by atoms with van der Waals surface area (Å²) < 4.78 is 0.940. The van der Waals surface area contributed by atoms with Crippen LogP contribution in [-0.4, -0.2) is 9.97 Å². The molecule has 0 aliphatic heterocycles. The normalized spacial score (nSPS) is 10.4. The number of nitrogens with two attached hydrogens (primary N) is 1. The average molecular weight is 280 g/mol. The van der Waals surface area contributed by atoms with Crippen molar-refractivity contribution in [2.45, 2.75) is 6.54 Å². The highest BCUT2D eigenvalue weighted by Crippen LogP contribution is 2.18. The van der Waals surface area contributed by atoms with Gasteiger partial charge in [0.1, 0.15) is 5.82 Å². The monoisotopic (exact) mass is 279 g/mol. The highest BCUT2D eigenvalue weighted by molar-refractivity contribution is 9.10. The summed E-state index contributed by atoms with van der Waals surface area (Å²) in [4.78, 5) is 18.4. The number of hydrogen-bond donors (Lipinski definition) is 2. The molecule has 82 valence electrons. The molecule has 0 radical (unpaired) electrons. The van der Waals surface area contributed by atoms with Crippen LogP contribution in [0.25, 0.3) is 11.4 Å². The molecule has 5 heteroatoms. The number of aromatic nitrogens is 2. The van der Waals surface area contributed by atoms with Crippen LogP contribution in [0, 0.1) is 0 Å². The van der Waals surface area contributed by atoms with Crippen molar-refractivity contribution in [1.29, 1.82) is 0 Å². The molecule has 0 fully saturated rings. The van der Waals surface area contributed by atoms with Crippen LogP contribution in [0.5, 0.6) is 0 Å². The topological polar surface area (TPSA) is 71.8 Å². The third-order valence-corrected chi connectivity index (χ3v) is 2.68. The fourth-order valence-corrected chi connectivity index (χ4v) is 1.75. The standard InChI is InChI=1S/C11H10BrN3O/c12-9-3-1-2-7(4-9)10-14-6-8(5-13)11(16)15-10/h1-4,6H,5,13H2,(H,14,15,16). The molecule has 1 aromatic carbocycles. The Hall–Kier alpha value is -1.46. The van der Waals surface area contributed by atoms with Crippen molar-refractivity contribution in [2.75, 3.05) is 0 Å². The maximum atomic E-state index is 11.5. The molecule has 16 heavy (non-hydrogen) atoms. The molecule has 1 aromatic heterocycles. The number of nitrogens with one attached hydrogen (secondary N) is 1. The molecule has 0 saturated heterocycles. The Labute approximate surface area is 101 Å². The van der Waals surface area contributed by atoms with E-state index in [2.05, 4.69) is 25.9 Å². The Balaban J connectivity index is 2.49. The summed E-state index contributed by atoms with van der Waals surface area (Å²) in [6.45, 7) is 0.196. The predicted molar refractivity (Wildman–Crippen MR) is 65.9 cm³/mol. The second-order valence-electron chi connectivity index (χ2n) is 3.30. The Bertz CT molecular complexity index is 565. The first-order valence-electron chi connectivity index (χ1n) is 4.75. The minimum absolute atomic E-state index is 0.188. The Kier molecular flexibility index (Phi) is 3.17. The summed E-state index contributed by atoms with van der Waals surface area (Å²) in [7, 11) is 0. The van der Waals surface area contributed by atoms with Crippen molar-refractivity contribution < 1.29 is 0 Å². The highest BCUT2D eigenvalue weighted by Gasteiger charge is 2.03. The first-order chi connectivity index (χ1) is 7.70. The molecule has 0 saturated carbocycles. The van der Waals surface area contributed by atoms with Gasteiger partial charge >= 0.3 is 0 Å². The first kappa shape index (κ1) is 11.0. The van der Waals surface area contributed by atoms with Gasteiger partial charge in [-0.15, -0.1) is 0 Å². The van der Waals surface area contributed by atoms with E-state index < -0.39 is 0 Å². The van der Waals surface area contributed by atoms with Gasteiger partial charge < -0.3 is 10.7 Å². The van der Waals surface area contributed by atoms with E-state index >= 15 is 0 Å². The van der Waals surface area contributed by atoms with Gasteiger partial charge in [-0.1, -0.05) is 28.1 Å². The van der Waals surface area contributed by atoms with Crippen LogP contribution >= 0.6 is 15.9 Å². The van der Waals surface area contributed by atoms with Gasteiger partial charge in [-0.25, -0.2) is 4.98 Å². The molecule has 2 aromatic rings. The summed E-state index contributed by atoms with van der Waals surface area (Å²) in [5.74, 6) is 0.545. The third-order valence-electron chi connectivity index (χ3n) is 2.19. The lowest BCUT2D eigenvalue weighted by Crippen LogP contribution is -2.17. The van der Waals surface area contributed by atoms with Crippen LogP contribution in [0.15, 0.2) is 39.7 Å². The second kappa shape index (κ2) is 4.59. The van der Waals surface area contributed by atoms with E-state index in [4.69, 9.17) is 5.73 Å². The van der Waals surface area contributed by atoms with E-state index in [1.54, 1.807) is 0 Å². The molecule has 0 amide bonds. The SMILES string of the molecule is NCc1cnc(-c2cccc(Br)c2)[nH]c1=O. The maximum Gasteiger partial charge on any atom is 0.255 e. The average Bonchev–Trinajstić information content (AvgIpc) is 2.29. The largest absolute Gasteiger partial charge is 0.326 e. The van der Waals surface area contributed by atoms with Crippen LogP contribution in [0.4, 0.5) is 0 Å². The number of hydrogen-bond acceptors (Lipinski definition) is 3. The van der Waals surface area contributed by atoms with Gasteiger partial charge in [0.2, 0.25) is 0 Å². The van der Waals surface area contributed by atoms with E-state index in [0.717, 1.165) is 10.0 Å². The molecule has 0 spiro atoms. The molecular formula is C11H10BrN3O. The molecule has 2 rings (SSSR count). The van der Waals surface area contributed by atoms with Crippen molar-refractivity contribution in [1.82, 2.24) is 9.97 Å². The highest BCUT2D eigenvalue weighted by atomic mass is 79.9. The molecule has 0 unspecified atom stereocenters. The number of rotatable bonds is 2. The van der Waals surface area contributed by atoms with Gasteiger partial charge in [0, 0.05) is 28.3 Å². The van der Waals surface area contributed by atoms with Crippen LogP contribution in [0.2, 0.25) is 0 Å². The maximum absolute atomic E-state index is 11.5. The van der Waals surface area contributed by atoms with Gasteiger partial charge in [0.05, 0.1) is 0 Å². The molecule has 0 aliphatic rings. The predicted octanol–water partition coefficient (Wildman–Crippen LogP) is 1.66. The van der Waals surface area contributed by atoms with E-state index in [1.807, 2.05) is 24.3 Å². The zero-order chi connectivity index (χ0) is 11.5. The lowest BCUT2D eigenvalue weighted by Gasteiger charge is -2.02. The van der Waals surface area contributed by atoms with Crippen molar-refractivity contribution in [3.8, 4) is 11.4 Å². The van der Waals surface area contributed by atoms with Gasteiger partial charge in [-0.3, -0.25) is 4.79 Å². The summed E-state index contributed by atoms with van der Waals surface area (Å²) in [6, 6.07) is 7.57. The van der Waals surface area contributed by atoms with Crippen LogP contribution in [0.1, 0.15) is 5.56 Å². The minimum atomic E-state index is -0.188. The van der Waals surface area contributed by atoms with Crippen LogP contribution in [0.3, 0.4) is 0 Å². The molecule has 0 atom stereocenters. The summed E-state index contributed by atoms with van der Waals surface area (Å²) in [6.07, 6.45) is 1.51. The number of halogens is 1. The molecule has 4 nitrogen and oxygen atoms in total. The summed E-state index contributed by atoms with van der Waals surface area (Å²) in [5, 5.41) is 0. The lowest BCUT2D eigenvalue weighted by molar-refractivity contribution is 0.979. The number of H-pyrrole nitrogens is 1. The Morgan fingerprint density at radius 1 is 1.44 bits per heavy atom. The minimum Gasteiger partial charge on any atom is -0.326 e. The lowest BCUT2D eigenvalue weighted by atomic mass is 10.2. The molecule has 1 heterocycles. The second-order valence-corrected chi connectivity index (χ2v) is 4.22. The zero-order valence-electron chi connectivity index (χ0n) is 8.40. The van der Waals surface area contributed by atoms with Crippen LogP contribution in [-0.2, 0) is 6.54 Å². The number of nitrogens with zero attached hydrogens (tertiary/aromatic N) is 1. The smallest absolute Gasteiger partial charge is 0.255 e. The fraction of sp³-hybridized carbons (Fsp3) is 0.0909. The van der Waals surface area contributed by atoms with E-state index in [9.17, 15) is 4.79 Å². The molecule has 3 N–H and O–H groups in total. The van der Waals surface area contributed by atoms with E-state index in [-0.39, 0.29) is 12.1 Å². The number of benzene rings is 1. The fourth-order valence-electron chi connectivity index (χ4n) is 1.35. The van der Waals surface area contributed by atoms with Crippen molar-refractivity contribution in [3.63, 3.8) is 0 Å². The molecule has 0 bridgehead atoms. The van der Waals surface area contributed by atoms with E-state index in [1.165, 1.54) is 6.20 Å². The Morgan fingerprint density at radius 3 is 2.88 bits per heavy atom. The van der Waals surface area contributed by atoms with Gasteiger partial charge in [0.25, 0.3) is 5.56 Å². The van der Waals surface area contributed by atoms with Crippen molar-refractivity contribution >= 4 is 15.9 Å². The molecule has 0 aliphatic carbocycles. The Morgan fingerprint density at radius 2 is 2.25 bits per heavy atom. The first-order valence-corrected chi connectivity index (χ1v) is 5.54.